The first-order valence-electron chi connectivity index (χ1n) is 9.47. The summed E-state index contributed by atoms with van der Waals surface area (Å²) in [5, 5.41) is 5.85. The first-order valence-corrected chi connectivity index (χ1v) is 10.4. The Labute approximate surface area is 178 Å². The number of anilines is 2. The number of esters is 1. The Morgan fingerprint density at radius 2 is 1.57 bits per heavy atom. The van der Waals surface area contributed by atoms with Crippen LogP contribution in [0.3, 0.4) is 0 Å². The summed E-state index contributed by atoms with van der Waals surface area (Å²) in [6.45, 7) is 0.477. The fourth-order valence-corrected chi connectivity index (χ4v) is 3.50. The van der Waals surface area contributed by atoms with Crippen LogP contribution in [-0.4, -0.2) is 11.0 Å². The smallest absolute Gasteiger partial charge is 0.342 e. The van der Waals surface area contributed by atoms with Crippen molar-refractivity contribution < 1.29 is 14.3 Å². The number of carbonyl (C=O) groups excluding carboxylic acids is 1. The Hall–Kier alpha value is -3.64. The van der Waals surface area contributed by atoms with Crippen LogP contribution in [0.25, 0.3) is 0 Å². The van der Waals surface area contributed by atoms with Gasteiger partial charge in [-0.15, -0.1) is 11.3 Å². The molecule has 0 radical (unpaired) electrons. The van der Waals surface area contributed by atoms with Crippen LogP contribution >= 0.6 is 11.3 Å². The molecular weight excluding hydrogens is 396 g/mol. The third kappa shape index (κ3) is 5.24. The average molecular weight is 417 g/mol. The molecule has 5 nitrogen and oxygen atoms in total. The molecule has 1 aromatic heterocycles. The summed E-state index contributed by atoms with van der Waals surface area (Å²) >= 11 is 1.46. The van der Waals surface area contributed by atoms with Gasteiger partial charge in [0.15, 0.2) is 5.13 Å². The highest BCUT2D eigenvalue weighted by Gasteiger charge is 2.15. The molecule has 6 heteroatoms. The van der Waals surface area contributed by atoms with Gasteiger partial charge in [0.05, 0.1) is 5.69 Å². The van der Waals surface area contributed by atoms with Crippen LogP contribution in [0.1, 0.15) is 21.6 Å². The maximum Gasteiger partial charge on any atom is 0.342 e. The molecule has 0 atom stereocenters. The first-order chi connectivity index (χ1) is 14.8. The lowest BCUT2D eigenvalue weighted by Crippen LogP contribution is -2.08. The number of aromatic nitrogens is 1. The maximum atomic E-state index is 12.6. The summed E-state index contributed by atoms with van der Waals surface area (Å²) in [6.07, 6.45) is 0. The van der Waals surface area contributed by atoms with E-state index in [1.165, 1.54) is 11.3 Å². The highest BCUT2D eigenvalue weighted by atomic mass is 32.1. The van der Waals surface area contributed by atoms with Gasteiger partial charge >= 0.3 is 5.97 Å². The molecule has 0 saturated heterocycles. The Kier molecular flexibility index (Phi) is 6.37. The molecule has 0 bridgehead atoms. The number of hydrogen-bond donors (Lipinski definition) is 1. The quantitative estimate of drug-likeness (QED) is 0.367. The van der Waals surface area contributed by atoms with Crippen molar-refractivity contribution in [3.63, 3.8) is 0 Å². The molecule has 3 aromatic carbocycles. The van der Waals surface area contributed by atoms with Crippen molar-refractivity contribution in [1.29, 1.82) is 0 Å². The van der Waals surface area contributed by atoms with Gasteiger partial charge in [-0.05, 0) is 29.8 Å². The Bertz CT molecular complexity index is 1100. The normalized spacial score (nSPS) is 10.4. The minimum absolute atomic E-state index is 0.0961. The molecule has 1 N–H and O–H groups in total. The third-order valence-electron chi connectivity index (χ3n) is 4.27. The molecule has 150 valence electrons. The van der Waals surface area contributed by atoms with Crippen molar-refractivity contribution in [2.24, 2.45) is 0 Å². The first kappa shape index (κ1) is 19.7. The van der Waals surface area contributed by atoms with Crippen LogP contribution < -0.4 is 10.1 Å². The van der Waals surface area contributed by atoms with Gasteiger partial charge in [0.1, 0.15) is 24.5 Å². The van der Waals surface area contributed by atoms with Gasteiger partial charge in [-0.25, -0.2) is 9.78 Å². The fraction of sp³-hybridized carbons (Fsp3) is 0.0833. The molecule has 0 amide bonds. The van der Waals surface area contributed by atoms with Gasteiger partial charge in [-0.1, -0.05) is 60.7 Å². The molecule has 30 heavy (non-hydrogen) atoms. The topological polar surface area (TPSA) is 60.5 Å². The second-order valence-electron chi connectivity index (χ2n) is 6.48. The summed E-state index contributed by atoms with van der Waals surface area (Å²) in [4.78, 5) is 17.1. The zero-order chi connectivity index (χ0) is 20.6. The van der Waals surface area contributed by atoms with Gasteiger partial charge in [0.25, 0.3) is 0 Å². The van der Waals surface area contributed by atoms with E-state index >= 15 is 0 Å². The van der Waals surface area contributed by atoms with E-state index in [-0.39, 0.29) is 6.61 Å². The van der Waals surface area contributed by atoms with Crippen molar-refractivity contribution in [1.82, 2.24) is 4.98 Å². The largest absolute Gasteiger partial charge is 0.488 e. The van der Waals surface area contributed by atoms with Crippen LogP contribution in [0.2, 0.25) is 0 Å². The zero-order valence-electron chi connectivity index (χ0n) is 16.2. The number of nitrogens with zero attached hydrogens (tertiary/aromatic N) is 1. The van der Waals surface area contributed by atoms with Crippen molar-refractivity contribution >= 4 is 28.1 Å². The number of carbonyl (C=O) groups is 1. The predicted octanol–water partition coefficient (Wildman–Crippen LogP) is 5.82. The fourth-order valence-electron chi connectivity index (χ4n) is 2.79. The van der Waals surface area contributed by atoms with E-state index in [1.807, 2.05) is 72.1 Å². The Balaban J connectivity index is 1.35. The summed E-state index contributed by atoms with van der Waals surface area (Å²) < 4.78 is 11.3. The van der Waals surface area contributed by atoms with Crippen LogP contribution in [0, 0.1) is 0 Å². The predicted molar refractivity (Wildman–Crippen MR) is 118 cm³/mol. The summed E-state index contributed by atoms with van der Waals surface area (Å²) in [5.41, 5.74) is 3.07. The lowest BCUT2D eigenvalue weighted by Gasteiger charge is -2.11. The number of rotatable bonds is 8. The van der Waals surface area contributed by atoms with E-state index in [1.54, 1.807) is 18.2 Å². The number of benzene rings is 3. The average Bonchev–Trinajstić information content (AvgIpc) is 3.25. The summed E-state index contributed by atoms with van der Waals surface area (Å²) in [5.74, 6) is 0.0558. The van der Waals surface area contributed by atoms with Gasteiger partial charge < -0.3 is 14.8 Å². The lowest BCUT2D eigenvalue weighted by atomic mass is 10.2. The Morgan fingerprint density at radius 3 is 2.37 bits per heavy atom. The molecule has 4 aromatic rings. The minimum atomic E-state index is -0.441. The Morgan fingerprint density at radius 1 is 0.867 bits per heavy atom. The standard InChI is InChI=1S/C24H20N2O3S/c27-23(21-13-7-8-14-22(21)28-15-18-9-3-1-4-10-18)29-16-20-17-30-24(26-20)25-19-11-5-2-6-12-19/h1-14,17H,15-16H2,(H,25,26). The number of thiazole rings is 1. The molecule has 0 fully saturated rings. The van der Waals surface area contributed by atoms with Crippen LogP contribution in [0.4, 0.5) is 10.8 Å². The van der Waals surface area contributed by atoms with Gasteiger partial charge in [0.2, 0.25) is 0 Å². The highest BCUT2D eigenvalue weighted by Crippen LogP contribution is 2.23. The molecule has 0 spiro atoms. The monoisotopic (exact) mass is 416 g/mol. The molecular formula is C24H20N2O3S. The van der Waals surface area contributed by atoms with E-state index in [0.29, 0.717) is 23.6 Å². The van der Waals surface area contributed by atoms with Gasteiger partial charge in [0, 0.05) is 11.1 Å². The summed E-state index contributed by atoms with van der Waals surface area (Å²) in [6, 6.07) is 26.7. The molecule has 0 unspecified atom stereocenters. The van der Waals surface area contributed by atoms with Crippen molar-refractivity contribution in [3.05, 3.63) is 107 Å². The van der Waals surface area contributed by atoms with Crippen LogP contribution in [0.5, 0.6) is 5.75 Å². The van der Waals surface area contributed by atoms with Crippen molar-refractivity contribution in [2.45, 2.75) is 13.2 Å². The molecule has 0 aliphatic heterocycles. The lowest BCUT2D eigenvalue weighted by molar-refractivity contribution is 0.0463. The van der Waals surface area contributed by atoms with Crippen molar-refractivity contribution in [2.75, 3.05) is 5.32 Å². The third-order valence-corrected chi connectivity index (χ3v) is 5.08. The van der Waals surface area contributed by atoms with E-state index in [9.17, 15) is 4.79 Å². The van der Waals surface area contributed by atoms with Gasteiger partial charge in [-0.3, -0.25) is 0 Å². The molecule has 1 heterocycles. The van der Waals surface area contributed by atoms with Crippen LogP contribution in [-0.2, 0) is 18.0 Å². The van der Waals surface area contributed by atoms with E-state index in [2.05, 4.69) is 10.3 Å². The van der Waals surface area contributed by atoms with Crippen LogP contribution in [0.15, 0.2) is 90.3 Å². The van der Waals surface area contributed by atoms with Crippen molar-refractivity contribution in [3.8, 4) is 5.75 Å². The second-order valence-corrected chi connectivity index (χ2v) is 7.34. The van der Waals surface area contributed by atoms with Gasteiger partial charge in [-0.2, -0.15) is 0 Å². The second kappa shape index (κ2) is 9.71. The zero-order valence-corrected chi connectivity index (χ0v) is 17.0. The number of hydrogen-bond acceptors (Lipinski definition) is 6. The van der Waals surface area contributed by atoms with E-state index < -0.39 is 5.97 Å². The maximum absolute atomic E-state index is 12.6. The van der Waals surface area contributed by atoms with E-state index in [0.717, 1.165) is 16.4 Å². The minimum Gasteiger partial charge on any atom is -0.488 e. The molecule has 0 aliphatic rings. The number of nitrogens with one attached hydrogen (secondary N) is 1. The molecule has 4 rings (SSSR count). The number of para-hydroxylation sites is 2. The highest BCUT2D eigenvalue weighted by molar-refractivity contribution is 7.13. The SMILES string of the molecule is O=C(OCc1csc(Nc2ccccc2)n1)c1ccccc1OCc1ccccc1. The molecule has 0 aliphatic carbocycles. The molecule has 0 saturated carbocycles. The number of ether oxygens (including phenoxy) is 2. The summed E-state index contributed by atoms with van der Waals surface area (Å²) in [7, 11) is 0. The van der Waals surface area contributed by atoms with E-state index in [4.69, 9.17) is 9.47 Å².